The van der Waals surface area contributed by atoms with Crippen LogP contribution in [0, 0.1) is 5.92 Å². The van der Waals surface area contributed by atoms with Gasteiger partial charge in [0.15, 0.2) is 0 Å². The largest absolute Gasteiger partial charge is 0.381 e. The second kappa shape index (κ2) is 6.53. The molecule has 0 amide bonds. The van der Waals surface area contributed by atoms with Gasteiger partial charge in [0.25, 0.3) is 0 Å². The quantitative estimate of drug-likeness (QED) is 0.880. The lowest BCUT2D eigenvalue weighted by atomic mass is 9.66. The van der Waals surface area contributed by atoms with E-state index >= 15 is 0 Å². The van der Waals surface area contributed by atoms with Crippen LogP contribution < -0.4 is 5.73 Å². The predicted molar refractivity (Wildman–Crippen MR) is 80.2 cm³/mol. The van der Waals surface area contributed by atoms with E-state index in [1.54, 1.807) is 0 Å². The van der Waals surface area contributed by atoms with Crippen molar-refractivity contribution in [2.75, 3.05) is 13.2 Å². The Balaban J connectivity index is 2.27. The molecule has 2 rings (SSSR count). The Morgan fingerprint density at radius 3 is 2.47 bits per heavy atom. The molecule has 0 spiro atoms. The minimum Gasteiger partial charge on any atom is -0.381 e. The Labute approximate surface area is 117 Å². The fourth-order valence-corrected chi connectivity index (χ4v) is 3.59. The van der Waals surface area contributed by atoms with E-state index in [1.807, 2.05) is 0 Å². The minimum absolute atomic E-state index is 0.0899. The third-order valence-electron chi connectivity index (χ3n) is 4.95. The molecular weight excluding hydrogens is 234 g/mol. The van der Waals surface area contributed by atoms with Gasteiger partial charge in [-0.3, -0.25) is 0 Å². The number of nitrogens with two attached hydrogens (primary N) is 1. The predicted octanol–water partition coefficient (Wildman–Crippen LogP) is 3.50. The van der Waals surface area contributed by atoms with Gasteiger partial charge in [-0.2, -0.15) is 0 Å². The average molecular weight is 261 g/mol. The van der Waals surface area contributed by atoms with Crippen molar-refractivity contribution in [3.8, 4) is 0 Å². The first-order chi connectivity index (χ1) is 9.24. The van der Waals surface area contributed by atoms with Gasteiger partial charge in [0.05, 0.1) is 6.61 Å². The summed E-state index contributed by atoms with van der Waals surface area (Å²) >= 11 is 0. The third kappa shape index (κ3) is 2.85. The summed E-state index contributed by atoms with van der Waals surface area (Å²) in [5.41, 5.74) is 8.18. The van der Waals surface area contributed by atoms with Crippen LogP contribution in [-0.2, 0) is 10.2 Å². The van der Waals surface area contributed by atoms with Crippen molar-refractivity contribution in [2.45, 2.75) is 51.0 Å². The highest BCUT2D eigenvalue weighted by Gasteiger charge is 2.39. The van der Waals surface area contributed by atoms with Crippen molar-refractivity contribution in [2.24, 2.45) is 11.7 Å². The molecule has 1 fully saturated rings. The summed E-state index contributed by atoms with van der Waals surface area (Å²) in [7, 11) is 0. The number of hydrogen-bond acceptors (Lipinski definition) is 2. The second-order valence-corrected chi connectivity index (χ2v) is 5.73. The fraction of sp³-hybridized carbons (Fsp3) is 0.647. The van der Waals surface area contributed by atoms with Crippen LogP contribution >= 0.6 is 0 Å². The lowest BCUT2D eigenvalue weighted by Gasteiger charge is -2.43. The first kappa shape index (κ1) is 14.5. The van der Waals surface area contributed by atoms with Gasteiger partial charge in [-0.1, -0.05) is 44.2 Å². The van der Waals surface area contributed by atoms with Crippen LogP contribution in [0.1, 0.15) is 45.1 Å². The van der Waals surface area contributed by atoms with Gasteiger partial charge < -0.3 is 10.5 Å². The van der Waals surface area contributed by atoms with Crippen molar-refractivity contribution in [3.63, 3.8) is 0 Å². The van der Waals surface area contributed by atoms with Crippen molar-refractivity contribution in [3.05, 3.63) is 35.9 Å². The van der Waals surface area contributed by atoms with Crippen LogP contribution in [-0.4, -0.2) is 19.3 Å². The Morgan fingerprint density at radius 1 is 1.26 bits per heavy atom. The molecule has 2 heteroatoms. The van der Waals surface area contributed by atoms with Crippen LogP contribution in [0.5, 0.6) is 0 Å². The first-order valence-electron chi connectivity index (χ1n) is 7.63. The highest BCUT2D eigenvalue weighted by Crippen LogP contribution is 2.38. The zero-order valence-corrected chi connectivity index (χ0v) is 12.3. The molecule has 2 atom stereocenters. The molecule has 0 aliphatic carbocycles. The highest BCUT2D eigenvalue weighted by atomic mass is 16.5. The standard InChI is InChI=1S/C17H27NO/c1-3-17(4-2,15-10-6-5-7-11-15)16(18)14-9-8-12-19-13-14/h5-7,10-11,14,16H,3-4,8-9,12-13,18H2,1-2H3. The molecule has 0 bridgehead atoms. The molecule has 19 heavy (non-hydrogen) atoms. The molecule has 0 aromatic heterocycles. The summed E-state index contributed by atoms with van der Waals surface area (Å²) < 4.78 is 5.64. The number of rotatable bonds is 5. The summed E-state index contributed by atoms with van der Waals surface area (Å²) in [6.07, 6.45) is 4.53. The van der Waals surface area contributed by atoms with E-state index in [2.05, 4.69) is 44.2 Å². The maximum absolute atomic E-state index is 6.70. The van der Waals surface area contributed by atoms with E-state index in [4.69, 9.17) is 10.5 Å². The van der Waals surface area contributed by atoms with E-state index in [9.17, 15) is 0 Å². The van der Waals surface area contributed by atoms with Gasteiger partial charge >= 0.3 is 0 Å². The van der Waals surface area contributed by atoms with Gasteiger partial charge in [-0.25, -0.2) is 0 Å². The number of ether oxygens (including phenoxy) is 1. The molecule has 1 heterocycles. The zero-order chi connectivity index (χ0) is 13.7. The molecule has 1 aromatic carbocycles. The lowest BCUT2D eigenvalue weighted by molar-refractivity contribution is 0.0299. The van der Waals surface area contributed by atoms with Crippen LogP contribution in [0.25, 0.3) is 0 Å². The van der Waals surface area contributed by atoms with Gasteiger partial charge in [0.2, 0.25) is 0 Å². The second-order valence-electron chi connectivity index (χ2n) is 5.73. The minimum atomic E-state index is 0.0899. The number of hydrogen-bond donors (Lipinski definition) is 1. The molecule has 2 nitrogen and oxygen atoms in total. The molecule has 1 aliphatic rings. The Bertz CT molecular complexity index is 366. The first-order valence-corrected chi connectivity index (χ1v) is 7.63. The van der Waals surface area contributed by atoms with E-state index in [-0.39, 0.29) is 11.5 Å². The Morgan fingerprint density at radius 2 is 1.95 bits per heavy atom. The third-order valence-corrected chi connectivity index (χ3v) is 4.95. The van der Waals surface area contributed by atoms with E-state index in [0.29, 0.717) is 5.92 Å². The molecule has 106 valence electrons. The summed E-state index contributed by atoms with van der Waals surface area (Å²) in [5.74, 6) is 0.494. The highest BCUT2D eigenvalue weighted by molar-refractivity contribution is 5.28. The Hall–Kier alpha value is -0.860. The molecule has 0 saturated carbocycles. The van der Waals surface area contributed by atoms with Gasteiger partial charge in [0.1, 0.15) is 0 Å². The SMILES string of the molecule is CCC(CC)(c1ccccc1)C(N)C1CCCOC1. The van der Waals surface area contributed by atoms with Crippen molar-refractivity contribution >= 4 is 0 Å². The Kier molecular flexibility index (Phi) is 5.00. The van der Waals surface area contributed by atoms with Gasteiger partial charge in [0, 0.05) is 18.1 Å². The summed E-state index contributed by atoms with van der Waals surface area (Å²) in [6.45, 7) is 6.26. The smallest absolute Gasteiger partial charge is 0.0509 e. The van der Waals surface area contributed by atoms with Crippen LogP contribution in [0.15, 0.2) is 30.3 Å². The van der Waals surface area contributed by atoms with Crippen LogP contribution in [0.4, 0.5) is 0 Å². The van der Waals surface area contributed by atoms with Crippen LogP contribution in [0.2, 0.25) is 0 Å². The van der Waals surface area contributed by atoms with E-state index in [1.165, 1.54) is 12.0 Å². The van der Waals surface area contributed by atoms with Crippen LogP contribution in [0.3, 0.4) is 0 Å². The average Bonchev–Trinajstić information content (AvgIpc) is 2.51. The summed E-state index contributed by atoms with van der Waals surface area (Å²) in [5, 5.41) is 0. The van der Waals surface area contributed by atoms with Gasteiger partial charge in [-0.15, -0.1) is 0 Å². The summed E-state index contributed by atoms with van der Waals surface area (Å²) in [6, 6.07) is 11.0. The number of benzene rings is 1. The van der Waals surface area contributed by atoms with E-state index in [0.717, 1.165) is 32.5 Å². The van der Waals surface area contributed by atoms with Crippen molar-refractivity contribution in [1.82, 2.24) is 0 Å². The van der Waals surface area contributed by atoms with Gasteiger partial charge in [-0.05, 0) is 37.2 Å². The fourth-order valence-electron chi connectivity index (χ4n) is 3.59. The van der Waals surface area contributed by atoms with Crippen molar-refractivity contribution in [1.29, 1.82) is 0 Å². The molecular formula is C17H27NO. The molecule has 2 unspecified atom stereocenters. The van der Waals surface area contributed by atoms with Crippen molar-refractivity contribution < 1.29 is 4.74 Å². The molecule has 1 aliphatic heterocycles. The molecule has 1 aromatic rings. The maximum atomic E-state index is 6.70. The normalized spacial score (nSPS) is 22.2. The monoisotopic (exact) mass is 261 g/mol. The molecule has 2 N–H and O–H groups in total. The topological polar surface area (TPSA) is 35.2 Å². The van der Waals surface area contributed by atoms with E-state index < -0.39 is 0 Å². The lowest BCUT2D eigenvalue weighted by Crippen LogP contribution is -2.51. The summed E-state index contributed by atoms with van der Waals surface area (Å²) in [4.78, 5) is 0. The molecule has 1 saturated heterocycles. The molecule has 0 radical (unpaired) electrons. The zero-order valence-electron chi connectivity index (χ0n) is 12.3. The maximum Gasteiger partial charge on any atom is 0.0509 e.